The number of para-hydroxylation sites is 1. The maximum absolute atomic E-state index is 13.5. The van der Waals surface area contributed by atoms with Gasteiger partial charge in [0.05, 0.1) is 16.1 Å². The van der Waals surface area contributed by atoms with Crippen molar-refractivity contribution in [3.05, 3.63) is 91.8 Å². The lowest BCUT2D eigenvalue weighted by Gasteiger charge is -2.26. The molecular formula is C23H20ClN3OS. The van der Waals surface area contributed by atoms with E-state index >= 15 is 0 Å². The van der Waals surface area contributed by atoms with Crippen molar-refractivity contribution >= 4 is 33.2 Å². The third-order valence-corrected chi connectivity index (χ3v) is 6.89. The molecule has 0 radical (unpaired) electrons. The smallest absolute Gasteiger partial charge is 0.267 e. The average molecular weight is 422 g/mol. The minimum atomic E-state index is -0.0189. The Morgan fingerprint density at radius 1 is 1.10 bits per heavy atom. The Morgan fingerprint density at radius 3 is 2.66 bits per heavy atom. The third-order valence-electron chi connectivity index (χ3n) is 5.46. The van der Waals surface area contributed by atoms with Gasteiger partial charge in [0.15, 0.2) is 0 Å². The number of halogens is 1. The van der Waals surface area contributed by atoms with Crippen LogP contribution in [0.3, 0.4) is 0 Å². The summed E-state index contributed by atoms with van der Waals surface area (Å²) in [6.07, 6.45) is 0.866. The van der Waals surface area contributed by atoms with Gasteiger partial charge in [0.2, 0.25) is 0 Å². The van der Waals surface area contributed by atoms with Crippen molar-refractivity contribution in [3.63, 3.8) is 0 Å². The van der Waals surface area contributed by atoms with Crippen molar-refractivity contribution in [1.29, 1.82) is 0 Å². The number of thiophene rings is 1. The number of rotatable bonds is 3. The molecule has 0 saturated heterocycles. The molecule has 0 amide bonds. The Kier molecular flexibility index (Phi) is 4.74. The van der Waals surface area contributed by atoms with Crippen LogP contribution in [0.4, 0.5) is 0 Å². The third kappa shape index (κ3) is 3.29. The zero-order chi connectivity index (χ0) is 20.0. The summed E-state index contributed by atoms with van der Waals surface area (Å²) in [5.74, 6) is 0.662. The normalized spacial score (nSPS) is 14.3. The maximum Gasteiger partial charge on any atom is 0.267 e. The van der Waals surface area contributed by atoms with Gasteiger partial charge in [0.25, 0.3) is 5.56 Å². The highest BCUT2D eigenvalue weighted by molar-refractivity contribution is 7.18. The van der Waals surface area contributed by atoms with Crippen LogP contribution in [0.2, 0.25) is 5.02 Å². The number of benzene rings is 2. The highest BCUT2D eigenvalue weighted by Crippen LogP contribution is 2.33. The van der Waals surface area contributed by atoms with Gasteiger partial charge in [-0.15, -0.1) is 11.3 Å². The lowest BCUT2D eigenvalue weighted by Crippen LogP contribution is -2.30. The second-order valence-corrected chi connectivity index (χ2v) is 8.87. The highest BCUT2D eigenvalue weighted by atomic mass is 35.5. The largest absolute Gasteiger partial charge is 0.294 e. The van der Waals surface area contributed by atoms with Crippen LogP contribution < -0.4 is 5.56 Å². The second-order valence-electron chi connectivity index (χ2n) is 7.38. The Hall–Kier alpha value is -2.47. The molecule has 0 atom stereocenters. The van der Waals surface area contributed by atoms with Gasteiger partial charge in [-0.2, -0.15) is 0 Å². The summed E-state index contributed by atoms with van der Waals surface area (Å²) in [4.78, 5) is 22.8. The number of nitrogens with zero attached hydrogens (tertiary/aromatic N) is 3. The van der Waals surface area contributed by atoms with E-state index in [1.807, 2.05) is 31.2 Å². The van der Waals surface area contributed by atoms with Crippen molar-refractivity contribution in [1.82, 2.24) is 14.5 Å². The highest BCUT2D eigenvalue weighted by Gasteiger charge is 2.25. The fourth-order valence-electron chi connectivity index (χ4n) is 4.09. The molecule has 4 nitrogen and oxygen atoms in total. The predicted octanol–water partition coefficient (Wildman–Crippen LogP) is 4.97. The first kappa shape index (κ1) is 18.6. The average Bonchev–Trinajstić information content (AvgIpc) is 3.07. The van der Waals surface area contributed by atoms with E-state index in [1.165, 1.54) is 10.4 Å². The van der Waals surface area contributed by atoms with Crippen LogP contribution in [-0.2, 0) is 19.5 Å². The molecular weight excluding hydrogens is 402 g/mol. The van der Waals surface area contributed by atoms with Crippen molar-refractivity contribution in [2.75, 3.05) is 6.54 Å². The molecule has 0 spiro atoms. The van der Waals surface area contributed by atoms with Crippen LogP contribution in [0, 0.1) is 6.92 Å². The number of aryl methyl sites for hydroxylation is 1. The minimum Gasteiger partial charge on any atom is -0.294 e. The molecule has 6 heteroatoms. The lowest BCUT2D eigenvalue weighted by atomic mass is 10.0. The van der Waals surface area contributed by atoms with E-state index in [0.29, 0.717) is 16.5 Å². The summed E-state index contributed by atoms with van der Waals surface area (Å²) in [5.41, 5.74) is 3.14. The molecule has 5 rings (SSSR count). The molecule has 2 aromatic heterocycles. The van der Waals surface area contributed by atoms with Gasteiger partial charge in [-0.3, -0.25) is 14.3 Å². The molecule has 3 heterocycles. The number of aromatic nitrogens is 2. The number of hydrogen-bond acceptors (Lipinski definition) is 4. The molecule has 0 unspecified atom stereocenters. The molecule has 1 aliphatic rings. The van der Waals surface area contributed by atoms with Gasteiger partial charge >= 0.3 is 0 Å². The second kappa shape index (κ2) is 7.41. The molecule has 29 heavy (non-hydrogen) atoms. The van der Waals surface area contributed by atoms with Crippen molar-refractivity contribution in [2.24, 2.45) is 0 Å². The van der Waals surface area contributed by atoms with Crippen LogP contribution >= 0.6 is 22.9 Å². The zero-order valence-electron chi connectivity index (χ0n) is 16.1. The number of fused-ring (bicyclic) bond motifs is 3. The number of hydrogen-bond donors (Lipinski definition) is 0. The molecule has 4 aromatic rings. The van der Waals surface area contributed by atoms with Crippen LogP contribution in [-0.4, -0.2) is 21.0 Å². The van der Waals surface area contributed by atoms with E-state index in [-0.39, 0.29) is 5.56 Å². The van der Waals surface area contributed by atoms with Crippen molar-refractivity contribution in [2.45, 2.75) is 26.4 Å². The van der Waals surface area contributed by atoms with Crippen LogP contribution in [0.1, 0.15) is 21.8 Å². The molecule has 1 aliphatic heterocycles. The Labute approximate surface area is 178 Å². The van der Waals surface area contributed by atoms with Crippen molar-refractivity contribution in [3.8, 4) is 5.69 Å². The summed E-state index contributed by atoms with van der Waals surface area (Å²) in [5, 5.41) is 1.31. The Bertz CT molecular complexity index is 1260. The summed E-state index contributed by atoms with van der Waals surface area (Å²) in [7, 11) is 0. The Balaban J connectivity index is 1.57. The maximum atomic E-state index is 13.5. The molecule has 146 valence electrons. The van der Waals surface area contributed by atoms with E-state index in [2.05, 4.69) is 29.2 Å². The van der Waals surface area contributed by atoms with E-state index in [1.54, 1.807) is 22.0 Å². The van der Waals surface area contributed by atoms with Crippen LogP contribution in [0.25, 0.3) is 15.9 Å². The van der Waals surface area contributed by atoms with E-state index in [4.69, 9.17) is 16.6 Å². The molecule has 0 fully saturated rings. The van der Waals surface area contributed by atoms with Gasteiger partial charge in [0, 0.05) is 24.5 Å². The van der Waals surface area contributed by atoms with Gasteiger partial charge in [-0.1, -0.05) is 54.1 Å². The SMILES string of the molecule is Cc1nc2sc3c(c2c(=O)n1-c1ccccc1Cl)CCN(Cc1ccccc1)C3. The van der Waals surface area contributed by atoms with E-state index in [0.717, 1.165) is 41.8 Å². The summed E-state index contributed by atoms with van der Waals surface area (Å²) in [6.45, 7) is 4.58. The van der Waals surface area contributed by atoms with Crippen LogP contribution in [0.5, 0.6) is 0 Å². The fourth-order valence-corrected chi connectivity index (χ4v) is 5.61. The standard InChI is InChI=1S/C23H20ClN3OS/c1-15-25-22-21(23(28)27(15)19-10-6-5-9-18(19)24)17-11-12-26(14-20(17)29-22)13-16-7-3-2-4-8-16/h2-10H,11-14H2,1H3. The molecule has 2 aromatic carbocycles. The topological polar surface area (TPSA) is 38.1 Å². The minimum absolute atomic E-state index is 0.0189. The monoisotopic (exact) mass is 421 g/mol. The fraction of sp³-hybridized carbons (Fsp3) is 0.217. The molecule has 0 aliphatic carbocycles. The molecule has 0 saturated carbocycles. The summed E-state index contributed by atoms with van der Waals surface area (Å²) < 4.78 is 1.65. The van der Waals surface area contributed by atoms with Gasteiger partial charge in [0.1, 0.15) is 10.7 Å². The predicted molar refractivity (Wildman–Crippen MR) is 119 cm³/mol. The van der Waals surface area contributed by atoms with E-state index in [9.17, 15) is 4.79 Å². The molecule has 0 bridgehead atoms. The van der Waals surface area contributed by atoms with E-state index < -0.39 is 0 Å². The molecule has 0 N–H and O–H groups in total. The first-order valence-electron chi connectivity index (χ1n) is 9.67. The first-order valence-corrected chi connectivity index (χ1v) is 10.9. The zero-order valence-corrected chi connectivity index (χ0v) is 17.6. The van der Waals surface area contributed by atoms with Gasteiger partial charge in [-0.25, -0.2) is 4.98 Å². The Morgan fingerprint density at radius 2 is 1.86 bits per heavy atom. The summed E-state index contributed by atoms with van der Waals surface area (Å²) in [6, 6.07) is 17.9. The quantitative estimate of drug-likeness (QED) is 0.469. The van der Waals surface area contributed by atoms with Gasteiger partial charge in [-0.05, 0) is 36.6 Å². The lowest BCUT2D eigenvalue weighted by molar-refractivity contribution is 0.249. The first-order chi connectivity index (χ1) is 14.1. The summed E-state index contributed by atoms with van der Waals surface area (Å²) >= 11 is 8.03. The van der Waals surface area contributed by atoms with Crippen LogP contribution in [0.15, 0.2) is 59.4 Å². The van der Waals surface area contributed by atoms with Crippen molar-refractivity contribution < 1.29 is 0 Å². The van der Waals surface area contributed by atoms with Gasteiger partial charge < -0.3 is 0 Å².